The highest BCUT2D eigenvalue weighted by Crippen LogP contribution is 2.08. The monoisotopic (exact) mass is 328 g/mol. The van der Waals surface area contributed by atoms with Crippen molar-refractivity contribution in [2.75, 3.05) is 0 Å². The van der Waals surface area contributed by atoms with Crippen molar-refractivity contribution < 1.29 is 19.4 Å². The molecule has 0 aliphatic heterocycles. The molecule has 0 saturated carbocycles. The molecule has 0 heterocycles. The maximum absolute atomic E-state index is 11.8. The molecule has 6 nitrogen and oxygen atoms in total. The van der Waals surface area contributed by atoms with Crippen LogP contribution < -0.4 is 11.1 Å². The SMILES string of the molecule is NCc1cccc(C[C@H](NC(=O)OCc2ccccc2)C(=O)O)c1. The Balaban J connectivity index is 1.92. The van der Waals surface area contributed by atoms with E-state index in [1.165, 1.54) is 0 Å². The molecular formula is C18H20N2O4. The van der Waals surface area contributed by atoms with Crippen LogP contribution in [0.15, 0.2) is 54.6 Å². The maximum Gasteiger partial charge on any atom is 0.408 e. The van der Waals surface area contributed by atoms with E-state index in [0.29, 0.717) is 6.54 Å². The number of aliphatic carboxylic acids is 1. The summed E-state index contributed by atoms with van der Waals surface area (Å²) >= 11 is 0. The van der Waals surface area contributed by atoms with E-state index in [4.69, 9.17) is 10.5 Å². The van der Waals surface area contributed by atoms with E-state index in [0.717, 1.165) is 16.7 Å². The van der Waals surface area contributed by atoms with E-state index in [1.54, 1.807) is 6.07 Å². The third-order valence-corrected chi connectivity index (χ3v) is 3.47. The molecule has 0 fully saturated rings. The van der Waals surface area contributed by atoms with Crippen LogP contribution >= 0.6 is 0 Å². The van der Waals surface area contributed by atoms with Crippen LogP contribution in [0.5, 0.6) is 0 Å². The van der Waals surface area contributed by atoms with Gasteiger partial charge in [0.15, 0.2) is 0 Å². The molecule has 6 heteroatoms. The van der Waals surface area contributed by atoms with Crippen molar-refractivity contribution in [3.05, 3.63) is 71.3 Å². The number of ether oxygens (including phenoxy) is 1. The van der Waals surface area contributed by atoms with E-state index in [-0.39, 0.29) is 13.0 Å². The molecule has 0 aromatic heterocycles. The van der Waals surface area contributed by atoms with Crippen LogP contribution in [0, 0.1) is 0 Å². The van der Waals surface area contributed by atoms with Crippen LogP contribution in [-0.4, -0.2) is 23.2 Å². The lowest BCUT2D eigenvalue weighted by Gasteiger charge is -2.15. The molecule has 2 aromatic carbocycles. The van der Waals surface area contributed by atoms with Gasteiger partial charge >= 0.3 is 12.1 Å². The highest BCUT2D eigenvalue weighted by molar-refractivity contribution is 5.80. The van der Waals surface area contributed by atoms with Gasteiger partial charge in [-0.3, -0.25) is 0 Å². The molecule has 126 valence electrons. The van der Waals surface area contributed by atoms with Crippen molar-refractivity contribution >= 4 is 12.1 Å². The maximum atomic E-state index is 11.8. The van der Waals surface area contributed by atoms with Gasteiger partial charge in [0.2, 0.25) is 0 Å². The normalized spacial score (nSPS) is 11.5. The van der Waals surface area contributed by atoms with Crippen LogP contribution in [0.4, 0.5) is 4.79 Å². The van der Waals surface area contributed by atoms with Gasteiger partial charge in [0, 0.05) is 13.0 Å². The van der Waals surface area contributed by atoms with Gasteiger partial charge in [0.25, 0.3) is 0 Å². The number of nitrogens with one attached hydrogen (secondary N) is 1. The fraction of sp³-hybridized carbons (Fsp3) is 0.222. The number of carbonyl (C=O) groups excluding carboxylic acids is 1. The Kier molecular flexibility index (Phi) is 6.33. The largest absolute Gasteiger partial charge is 0.480 e. The molecule has 0 radical (unpaired) electrons. The zero-order valence-electron chi connectivity index (χ0n) is 13.1. The second-order valence-corrected chi connectivity index (χ2v) is 5.33. The number of nitrogens with two attached hydrogens (primary N) is 1. The average molecular weight is 328 g/mol. The van der Waals surface area contributed by atoms with Crippen molar-refractivity contribution in [2.45, 2.75) is 25.6 Å². The van der Waals surface area contributed by atoms with E-state index in [9.17, 15) is 14.7 Å². The molecule has 0 bridgehead atoms. The Morgan fingerprint density at radius 1 is 1.04 bits per heavy atom. The summed E-state index contributed by atoms with van der Waals surface area (Å²) in [6.45, 7) is 0.458. The number of hydrogen-bond donors (Lipinski definition) is 3. The number of carboxylic acids is 1. The van der Waals surface area contributed by atoms with E-state index >= 15 is 0 Å². The molecule has 1 amide bonds. The van der Waals surface area contributed by atoms with E-state index in [1.807, 2.05) is 48.5 Å². The minimum Gasteiger partial charge on any atom is -0.480 e. The van der Waals surface area contributed by atoms with Crippen molar-refractivity contribution in [1.82, 2.24) is 5.32 Å². The van der Waals surface area contributed by atoms with Crippen molar-refractivity contribution in [3.8, 4) is 0 Å². The molecule has 0 spiro atoms. The predicted octanol–water partition coefficient (Wildman–Crippen LogP) is 2.07. The molecule has 0 saturated heterocycles. The van der Waals surface area contributed by atoms with Crippen LogP contribution in [0.25, 0.3) is 0 Å². The summed E-state index contributed by atoms with van der Waals surface area (Å²) in [6.07, 6.45) is -0.606. The number of rotatable bonds is 7. The Hall–Kier alpha value is -2.86. The van der Waals surface area contributed by atoms with Gasteiger partial charge in [-0.2, -0.15) is 0 Å². The lowest BCUT2D eigenvalue weighted by Crippen LogP contribution is -2.42. The summed E-state index contributed by atoms with van der Waals surface area (Å²) in [5.74, 6) is -1.12. The first kappa shape index (κ1) is 17.5. The zero-order chi connectivity index (χ0) is 17.4. The molecule has 0 aliphatic carbocycles. The number of carbonyl (C=O) groups is 2. The zero-order valence-corrected chi connectivity index (χ0v) is 13.1. The summed E-state index contributed by atoms with van der Waals surface area (Å²) in [5, 5.41) is 11.7. The summed E-state index contributed by atoms with van der Waals surface area (Å²) < 4.78 is 5.06. The third kappa shape index (κ3) is 5.40. The molecular weight excluding hydrogens is 308 g/mol. The van der Waals surface area contributed by atoms with E-state index < -0.39 is 18.1 Å². The van der Waals surface area contributed by atoms with E-state index in [2.05, 4.69) is 5.32 Å². The second-order valence-electron chi connectivity index (χ2n) is 5.33. The minimum atomic E-state index is -1.12. The Labute approximate surface area is 140 Å². The summed E-state index contributed by atoms with van der Waals surface area (Å²) in [5.41, 5.74) is 8.10. The number of carboxylic acid groups (broad SMARTS) is 1. The van der Waals surface area contributed by atoms with Crippen LogP contribution in [0.1, 0.15) is 16.7 Å². The minimum absolute atomic E-state index is 0.0850. The Bertz CT molecular complexity index is 688. The van der Waals surface area contributed by atoms with Gasteiger partial charge in [-0.25, -0.2) is 9.59 Å². The second kappa shape index (κ2) is 8.69. The third-order valence-electron chi connectivity index (χ3n) is 3.47. The van der Waals surface area contributed by atoms with Gasteiger partial charge in [-0.15, -0.1) is 0 Å². The number of amides is 1. The molecule has 1 atom stereocenters. The quantitative estimate of drug-likeness (QED) is 0.722. The summed E-state index contributed by atoms with van der Waals surface area (Å²) in [7, 11) is 0. The van der Waals surface area contributed by atoms with Crippen molar-refractivity contribution in [1.29, 1.82) is 0 Å². The fourth-order valence-corrected chi connectivity index (χ4v) is 2.23. The molecule has 4 N–H and O–H groups in total. The lowest BCUT2D eigenvalue weighted by molar-refractivity contribution is -0.139. The van der Waals surface area contributed by atoms with Crippen molar-refractivity contribution in [3.63, 3.8) is 0 Å². The summed E-state index contributed by atoms with van der Waals surface area (Å²) in [6, 6.07) is 15.4. The van der Waals surface area contributed by atoms with Crippen molar-refractivity contribution in [2.24, 2.45) is 5.73 Å². The topological polar surface area (TPSA) is 102 Å². The van der Waals surface area contributed by atoms with Gasteiger partial charge < -0.3 is 20.9 Å². The Morgan fingerprint density at radius 2 is 1.71 bits per heavy atom. The predicted molar refractivity (Wildman–Crippen MR) is 89.2 cm³/mol. The number of hydrogen-bond acceptors (Lipinski definition) is 4. The van der Waals surface area contributed by atoms with Gasteiger partial charge in [0.05, 0.1) is 0 Å². The molecule has 0 unspecified atom stereocenters. The highest BCUT2D eigenvalue weighted by Gasteiger charge is 2.21. The Morgan fingerprint density at radius 3 is 2.38 bits per heavy atom. The molecule has 24 heavy (non-hydrogen) atoms. The highest BCUT2D eigenvalue weighted by atomic mass is 16.5. The number of alkyl carbamates (subject to hydrolysis) is 1. The van der Waals surface area contributed by atoms with Crippen LogP contribution in [0.3, 0.4) is 0 Å². The number of benzene rings is 2. The first-order valence-corrected chi connectivity index (χ1v) is 7.56. The molecule has 0 aliphatic rings. The van der Waals surface area contributed by atoms with Gasteiger partial charge in [-0.05, 0) is 16.7 Å². The smallest absolute Gasteiger partial charge is 0.408 e. The van der Waals surface area contributed by atoms with Gasteiger partial charge in [-0.1, -0.05) is 54.6 Å². The van der Waals surface area contributed by atoms with Crippen LogP contribution in [0.2, 0.25) is 0 Å². The van der Waals surface area contributed by atoms with Gasteiger partial charge in [0.1, 0.15) is 12.6 Å². The lowest BCUT2D eigenvalue weighted by atomic mass is 10.0. The molecule has 2 rings (SSSR count). The molecule has 2 aromatic rings. The fourth-order valence-electron chi connectivity index (χ4n) is 2.23. The standard InChI is InChI=1S/C18H20N2O4/c19-11-15-8-4-7-14(9-15)10-16(17(21)22)20-18(23)24-12-13-5-2-1-3-6-13/h1-9,16H,10-12,19H2,(H,20,23)(H,21,22)/t16-/m0/s1. The summed E-state index contributed by atoms with van der Waals surface area (Å²) in [4.78, 5) is 23.2. The van der Waals surface area contributed by atoms with Crippen LogP contribution in [-0.2, 0) is 29.1 Å². The first-order valence-electron chi connectivity index (χ1n) is 7.56. The first-order chi connectivity index (χ1) is 11.6. The average Bonchev–Trinajstić information content (AvgIpc) is 2.60.